The van der Waals surface area contributed by atoms with Gasteiger partial charge in [-0.2, -0.15) is 0 Å². The van der Waals surface area contributed by atoms with Gasteiger partial charge in [0, 0.05) is 29.8 Å². The predicted molar refractivity (Wildman–Crippen MR) is 81.8 cm³/mol. The average molecular weight is 325 g/mol. The molecule has 2 N–H and O–H groups in total. The van der Waals surface area contributed by atoms with Crippen molar-refractivity contribution < 1.29 is 19.2 Å². The molecule has 6 nitrogen and oxygen atoms in total. The van der Waals surface area contributed by atoms with Crippen LogP contribution < -0.4 is 5.32 Å². The van der Waals surface area contributed by atoms with E-state index in [1.807, 2.05) is 6.07 Å². The lowest BCUT2D eigenvalue weighted by Crippen LogP contribution is -2.25. The number of rotatable bonds is 8. The minimum Gasteiger partial charge on any atom is -0.394 e. The highest BCUT2D eigenvalue weighted by atomic mass is 35.5. The summed E-state index contributed by atoms with van der Waals surface area (Å²) in [6.07, 6.45) is 0.657. The lowest BCUT2D eigenvalue weighted by molar-refractivity contribution is 0.0864. The molecule has 0 bridgehead atoms. The zero-order valence-electron chi connectivity index (χ0n) is 11.9. The second-order valence-electron chi connectivity index (χ2n) is 4.53. The number of nitrogens with one attached hydrogen (secondary N) is 1. The highest BCUT2D eigenvalue weighted by Gasteiger charge is 2.13. The maximum atomic E-state index is 11.9. The first kappa shape index (κ1) is 16.5. The fourth-order valence-corrected chi connectivity index (χ4v) is 1.98. The molecule has 0 aliphatic carbocycles. The Morgan fingerprint density at radius 3 is 3.00 bits per heavy atom. The van der Waals surface area contributed by atoms with Gasteiger partial charge in [0.1, 0.15) is 0 Å². The van der Waals surface area contributed by atoms with Crippen LogP contribution in [0.3, 0.4) is 0 Å². The van der Waals surface area contributed by atoms with Gasteiger partial charge in [-0.25, -0.2) is 0 Å². The maximum Gasteiger partial charge on any atom is 0.273 e. The molecule has 2 aromatic rings. The zero-order valence-corrected chi connectivity index (χ0v) is 12.7. The number of aromatic nitrogens is 1. The van der Waals surface area contributed by atoms with Crippen LogP contribution in [0.2, 0.25) is 5.02 Å². The zero-order chi connectivity index (χ0) is 15.8. The van der Waals surface area contributed by atoms with E-state index in [9.17, 15) is 4.79 Å². The number of halogens is 1. The van der Waals surface area contributed by atoms with Crippen LogP contribution in [0.1, 0.15) is 16.9 Å². The molecule has 0 spiro atoms. The molecule has 7 heteroatoms. The first-order valence-electron chi connectivity index (χ1n) is 6.90. The number of hydrogen-bond donors (Lipinski definition) is 2. The monoisotopic (exact) mass is 324 g/mol. The van der Waals surface area contributed by atoms with E-state index in [2.05, 4.69) is 10.5 Å². The van der Waals surface area contributed by atoms with E-state index in [1.165, 1.54) is 0 Å². The summed E-state index contributed by atoms with van der Waals surface area (Å²) in [6.45, 7) is 1.24. The number of carbonyl (C=O) groups is 1. The molecule has 0 unspecified atom stereocenters. The van der Waals surface area contributed by atoms with E-state index in [4.69, 9.17) is 26.0 Å². The molecule has 2 rings (SSSR count). The van der Waals surface area contributed by atoms with Gasteiger partial charge >= 0.3 is 0 Å². The second kappa shape index (κ2) is 8.53. The van der Waals surface area contributed by atoms with Crippen LogP contribution >= 0.6 is 11.6 Å². The second-order valence-corrected chi connectivity index (χ2v) is 4.97. The number of hydrogen-bond acceptors (Lipinski definition) is 5. The summed E-state index contributed by atoms with van der Waals surface area (Å²) in [5.74, 6) is 0.179. The Bertz CT molecular complexity index is 615. The third-order valence-electron chi connectivity index (χ3n) is 2.84. The Hall–Kier alpha value is -1.89. The molecule has 1 amide bonds. The van der Waals surface area contributed by atoms with Gasteiger partial charge in [0.05, 0.1) is 13.2 Å². The SMILES string of the molecule is O=C(NCCCOCCO)c1cc(-c2cccc(Cl)c2)on1. The van der Waals surface area contributed by atoms with Crippen LogP contribution in [0.4, 0.5) is 0 Å². The largest absolute Gasteiger partial charge is 0.394 e. The summed E-state index contributed by atoms with van der Waals surface area (Å²) in [7, 11) is 0. The number of benzene rings is 1. The number of aliphatic hydroxyl groups excluding tert-OH is 1. The summed E-state index contributed by atoms with van der Waals surface area (Å²) in [4.78, 5) is 11.9. The minimum atomic E-state index is -0.306. The average Bonchev–Trinajstić information content (AvgIpc) is 3.00. The topological polar surface area (TPSA) is 84.6 Å². The summed E-state index contributed by atoms with van der Waals surface area (Å²) in [5, 5.41) is 15.6. The fourth-order valence-electron chi connectivity index (χ4n) is 1.79. The van der Waals surface area contributed by atoms with Gasteiger partial charge in [-0.3, -0.25) is 4.79 Å². The van der Waals surface area contributed by atoms with Crippen molar-refractivity contribution in [3.63, 3.8) is 0 Å². The number of amides is 1. The Labute approximate surface area is 133 Å². The van der Waals surface area contributed by atoms with Crippen molar-refractivity contribution >= 4 is 17.5 Å². The summed E-state index contributed by atoms with van der Waals surface area (Å²) >= 11 is 5.92. The first-order valence-corrected chi connectivity index (χ1v) is 7.28. The van der Waals surface area contributed by atoms with Gasteiger partial charge in [-0.15, -0.1) is 0 Å². The molecule has 0 saturated heterocycles. The lowest BCUT2D eigenvalue weighted by atomic mass is 10.1. The minimum absolute atomic E-state index is 0.00240. The maximum absolute atomic E-state index is 11.9. The summed E-state index contributed by atoms with van der Waals surface area (Å²) in [5.41, 5.74) is 0.975. The summed E-state index contributed by atoms with van der Waals surface area (Å²) < 4.78 is 10.3. The van der Waals surface area contributed by atoms with E-state index in [0.29, 0.717) is 37.0 Å². The smallest absolute Gasteiger partial charge is 0.273 e. The Balaban J connectivity index is 1.84. The van der Waals surface area contributed by atoms with Gasteiger partial charge in [0.25, 0.3) is 5.91 Å². The quantitative estimate of drug-likeness (QED) is 0.727. The van der Waals surface area contributed by atoms with Crippen molar-refractivity contribution in [3.05, 3.63) is 41.0 Å². The molecule has 0 saturated carbocycles. The van der Waals surface area contributed by atoms with Crippen molar-refractivity contribution in [1.82, 2.24) is 10.5 Å². The van der Waals surface area contributed by atoms with E-state index >= 15 is 0 Å². The van der Waals surface area contributed by atoms with Gasteiger partial charge in [-0.1, -0.05) is 28.9 Å². The van der Waals surface area contributed by atoms with Crippen LogP contribution in [0.15, 0.2) is 34.9 Å². The Morgan fingerprint density at radius 1 is 1.36 bits per heavy atom. The molecule has 22 heavy (non-hydrogen) atoms. The van der Waals surface area contributed by atoms with Crippen LogP contribution in [0, 0.1) is 0 Å². The molecule has 1 aromatic heterocycles. The number of carbonyl (C=O) groups excluding carboxylic acids is 1. The van der Waals surface area contributed by atoms with Gasteiger partial charge in [0.2, 0.25) is 0 Å². The van der Waals surface area contributed by atoms with Crippen molar-refractivity contribution in [2.45, 2.75) is 6.42 Å². The Morgan fingerprint density at radius 2 is 2.23 bits per heavy atom. The highest BCUT2D eigenvalue weighted by Crippen LogP contribution is 2.23. The highest BCUT2D eigenvalue weighted by molar-refractivity contribution is 6.30. The molecule has 0 aliphatic rings. The van der Waals surface area contributed by atoms with E-state index < -0.39 is 0 Å². The molecule has 0 aliphatic heterocycles. The fraction of sp³-hybridized carbons (Fsp3) is 0.333. The lowest BCUT2D eigenvalue weighted by Gasteiger charge is -2.03. The molecule has 1 heterocycles. The van der Waals surface area contributed by atoms with Crippen LogP contribution in [0.25, 0.3) is 11.3 Å². The number of nitrogens with zero attached hydrogens (tertiary/aromatic N) is 1. The van der Waals surface area contributed by atoms with Crippen molar-refractivity contribution in [1.29, 1.82) is 0 Å². The third-order valence-corrected chi connectivity index (χ3v) is 3.07. The van der Waals surface area contributed by atoms with Gasteiger partial charge < -0.3 is 19.7 Å². The molecule has 0 fully saturated rings. The van der Waals surface area contributed by atoms with Gasteiger partial charge in [-0.05, 0) is 18.6 Å². The molecule has 0 atom stereocenters. The van der Waals surface area contributed by atoms with Crippen molar-refractivity contribution in [3.8, 4) is 11.3 Å². The van der Waals surface area contributed by atoms with E-state index in [-0.39, 0.29) is 18.2 Å². The summed E-state index contributed by atoms with van der Waals surface area (Å²) in [6, 6.07) is 8.69. The number of aliphatic hydroxyl groups is 1. The molecule has 1 aromatic carbocycles. The molecule has 118 valence electrons. The van der Waals surface area contributed by atoms with Crippen LogP contribution in [-0.4, -0.2) is 42.5 Å². The van der Waals surface area contributed by atoms with E-state index in [1.54, 1.807) is 24.3 Å². The van der Waals surface area contributed by atoms with Crippen LogP contribution in [0.5, 0.6) is 0 Å². The first-order chi connectivity index (χ1) is 10.7. The molecular formula is C15H17ClN2O4. The van der Waals surface area contributed by atoms with Crippen molar-refractivity contribution in [2.24, 2.45) is 0 Å². The van der Waals surface area contributed by atoms with Gasteiger partial charge in [0.15, 0.2) is 11.5 Å². The van der Waals surface area contributed by atoms with Crippen molar-refractivity contribution in [2.75, 3.05) is 26.4 Å². The normalized spacial score (nSPS) is 10.6. The molecular weight excluding hydrogens is 308 g/mol. The predicted octanol–water partition coefficient (Wildman–Crippen LogP) is 2.12. The van der Waals surface area contributed by atoms with Crippen LogP contribution in [-0.2, 0) is 4.74 Å². The third kappa shape index (κ3) is 4.84. The number of ether oxygens (including phenoxy) is 1. The Kier molecular flexibility index (Phi) is 6.39. The molecule has 0 radical (unpaired) electrons. The van der Waals surface area contributed by atoms with E-state index in [0.717, 1.165) is 5.56 Å². The standard InChI is InChI=1S/C15H17ClN2O4/c16-12-4-1-3-11(9-12)14-10-13(18-22-14)15(20)17-5-2-7-21-8-6-19/h1,3-4,9-10,19H,2,5-8H2,(H,17,20).